The molecule has 1 N–H and O–H groups in total. The first-order valence-electron chi connectivity index (χ1n) is 6.87. The lowest BCUT2D eigenvalue weighted by atomic mass is 10.2. The van der Waals surface area contributed by atoms with Gasteiger partial charge in [-0.25, -0.2) is 0 Å². The Kier molecular flexibility index (Phi) is 4.76. The highest BCUT2D eigenvalue weighted by Gasteiger charge is 2.11. The second-order valence-electron chi connectivity index (χ2n) is 4.65. The minimum Gasteiger partial charge on any atom is -0.435 e. The third-order valence-corrected chi connectivity index (χ3v) is 3.65. The molecule has 0 spiro atoms. The molecule has 0 fully saturated rings. The predicted octanol–water partition coefficient (Wildman–Crippen LogP) is 4.06. The van der Waals surface area contributed by atoms with Crippen molar-refractivity contribution in [1.29, 1.82) is 0 Å². The fourth-order valence-corrected chi connectivity index (χ4v) is 2.52. The van der Waals surface area contributed by atoms with Crippen molar-refractivity contribution in [2.75, 3.05) is 5.32 Å². The molecule has 0 aliphatic carbocycles. The summed E-state index contributed by atoms with van der Waals surface area (Å²) in [5, 5.41) is 3.02. The molecule has 3 rings (SSSR count). The Morgan fingerprint density at radius 3 is 2.46 bits per heavy atom. The molecule has 5 nitrogen and oxygen atoms in total. The molecule has 0 atom stereocenters. The van der Waals surface area contributed by atoms with Gasteiger partial charge in [-0.15, -0.1) is 0 Å². The number of aromatic nitrogens is 2. The van der Waals surface area contributed by atoms with Gasteiger partial charge in [0.2, 0.25) is 5.13 Å². The lowest BCUT2D eigenvalue weighted by molar-refractivity contribution is -0.0498. The number of ether oxygens (including phenoxy) is 1. The van der Waals surface area contributed by atoms with Gasteiger partial charge in [-0.05, 0) is 36.4 Å². The van der Waals surface area contributed by atoms with Crippen molar-refractivity contribution in [3.63, 3.8) is 0 Å². The third kappa shape index (κ3) is 3.90. The highest BCUT2D eigenvalue weighted by atomic mass is 32.1. The van der Waals surface area contributed by atoms with E-state index in [0.29, 0.717) is 22.1 Å². The first-order valence-corrected chi connectivity index (χ1v) is 7.64. The second kappa shape index (κ2) is 7.14. The fraction of sp³-hybridized carbons (Fsp3) is 0.0625. The molecule has 0 unspecified atom stereocenters. The van der Waals surface area contributed by atoms with E-state index in [4.69, 9.17) is 0 Å². The van der Waals surface area contributed by atoms with E-state index in [2.05, 4.69) is 19.4 Å². The van der Waals surface area contributed by atoms with Crippen molar-refractivity contribution in [3.8, 4) is 17.1 Å². The van der Waals surface area contributed by atoms with E-state index in [-0.39, 0.29) is 11.7 Å². The monoisotopic (exact) mass is 347 g/mol. The number of nitrogens with zero attached hydrogens (tertiary/aromatic N) is 2. The van der Waals surface area contributed by atoms with Gasteiger partial charge in [0.05, 0.1) is 0 Å². The van der Waals surface area contributed by atoms with Gasteiger partial charge >= 0.3 is 6.61 Å². The quantitative estimate of drug-likeness (QED) is 0.756. The van der Waals surface area contributed by atoms with Crippen LogP contribution < -0.4 is 10.1 Å². The molecule has 0 aliphatic heterocycles. The minimum absolute atomic E-state index is 0.0570. The smallest absolute Gasteiger partial charge is 0.387 e. The summed E-state index contributed by atoms with van der Waals surface area (Å²) < 4.78 is 32.7. The summed E-state index contributed by atoms with van der Waals surface area (Å²) >= 11 is 1.04. The van der Waals surface area contributed by atoms with Gasteiger partial charge in [0.25, 0.3) is 5.91 Å². The number of carbonyl (C=O) groups excluding carboxylic acids is 1. The number of nitrogens with one attached hydrogen (secondary N) is 1. The Morgan fingerprint density at radius 2 is 1.79 bits per heavy atom. The van der Waals surface area contributed by atoms with E-state index in [1.165, 1.54) is 12.1 Å². The zero-order chi connectivity index (χ0) is 16.9. The van der Waals surface area contributed by atoms with Crippen LogP contribution in [0.5, 0.6) is 5.75 Å². The van der Waals surface area contributed by atoms with Crippen LogP contribution in [0.1, 0.15) is 10.4 Å². The van der Waals surface area contributed by atoms with Crippen LogP contribution in [0.25, 0.3) is 11.4 Å². The molecule has 1 amide bonds. The molecule has 8 heteroatoms. The number of hydrogen-bond donors (Lipinski definition) is 1. The van der Waals surface area contributed by atoms with Crippen molar-refractivity contribution in [3.05, 3.63) is 60.2 Å². The zero-order valence-corrected chi connectivity index (χ0v) is 13.0. The number of rotatable bonds is 5. The summed E-state index contributed by atoms with van der Waals surface area (Å²) in [6, 6.07) is 14.7. The standard InChI is InChI=1S/C16H11F2N3O2S/c17-15(18)23-12-8-6-10(7-9-12)13-19-16(24-21-13)20-14(22)11-4-2-1-3-5-11/h1-9,15H,(H,19,20,21,22). The van der Waals surface area contributed by atoms with Crippen LogP contribution in [0.3, 0.4) is 0 Å². The molecule has 2 aromatic carbocycles. The van der Waals surface area contributed by atoms with Crippen molar-refractivity contribution in [2.24, 2.45) is 0 Å². The van der Waals surface area contributed by atoms with Gasteiger partial charge in [0.1, 0.15) is 5.75 Å². The van der Waals surface area contributed by atoms with E-state index in [0.717, 1.165) is 11.5 Å². The summed E-state index contributed by atoms with van der Waals surface area (Å²) in [7, 11) is 0. The van der Waals surface area contributed by atoms with E-state index < -0.39 is 6.61 Å². The first kappa shape index (κ1) is 16.0. The predicted molar refractivity (Wildman–Crippen MR) is 86.4 cm³/mol. The molecule has 1 heterocycles. The SMILES string of the molecule is O=C(Nc1nc(-c2ccc(OC(F)F)cc2)ns1)c1ccccc1. The van der Waals surface area contributed by atoms with Gasteiger partial charge in [-0.3, -0.25) is 10.1 Å². The maximum Gasteiger partial charge on any atom is 0.387 e. The van der Waals surface area contributed by atoms with Crippen LogP contribution in [-0.4, -0.2) is 21.9 Å². The molecule has 0 radical (unpaired) electrons. The fourth-order valence-electron chi connectivity index (χ4n) is 1.94. The van der Waals surface area contributed by atoms with Crippen LogP contribution >= 0.6 is 11.5 Å². The second-order valence-corrected chi connectivity index (χ2v) is 5.40. The normalized spacial score (nSPS) is 10.6. The number of amides is 1. The molecule has 0 bridgehead atoms. The van der Waals surface area contributed by atoms with Gasteiger partial charge in [0.15, 0.2) is 5.82 Å². The first-order chi connectivity index (χ1) is 11.6. The largest absolute Gasteiger partial charge is 0.435 e. The van der Waals surface area contributed by atoms with E-state index in [9.17, 15) is 13.6 Å². The number of alkyl halides is 2. The Labute approximate surface area is 140 Å². The number of benzene rings is 2. The highest BCUT2D eigenvalue weighted by Crippen LogP contribution is 2.24. The molecule has 0 saturated heterocycles. The summed E-state index contributed by atoms with van der Waals surface area (Å²) in [5.41, 5.74) is 1.15. The number of hydrogen-bond acceptors (Lipinski definition) is 5. The summed E-state index contributed by atoms with van der Waals surface area (Å²) in [6.45, 7) is -2.87. The lowest BCUT2D eigenvalue weighted by Crippen LogP contribution is -2.11. The van der Waals surface area contributed by atoms with E-state index in [1.54, 1.807) is 36.4 Å². The van der Waals surface area contributed by atoms with Crippen molar-refractivity contribution < 1.29 is 18.3 Å². The number of anilines is 1. The Bertz CT molecular complexity index is 823. The number of carbonyl (C=O) groups is 1. The van der Waals surface area contributed by atoms with E-state index in [1.807, 2.05) is 6.07 Å². The molecule has 0 saturated carbocycles. The third-order valence-electron chi connectivity index (χ3n) is 3.02. The topological polar surface area (TPSA) is 64.1 Å². The van der Waals surface area contributed by atoms with Gasteiger partial charge in [-0.2, -0.15) is 18.1 Å². The minimum atomic E-state index is -2.87. The highest BCUT2D eigenvalue weighted by molar-refractivity contribution is 7.10. The van der Waals surface area contributed by atoms with Crippen LogP contribution in [0.15, 0.2) is 54.6 Å². The average molecular weight is 347 g/mol. The molecule has 3 aromatic rings. The summed E-state index contributed by atoms with van der Waals surface area (Å²) in [5.74, 6) is 0.174. The molecule has 122 valence electrons. The summed E-state index contributed by atoms with van der Waals surface area (Å²) in [4.78, 5) is 16.3. The molecular weight excluding hydrogens is 336 g/mol. The Morgan fingerprint density at radius 1 is 1.08 bits per heavy atom. The van der Waals surface area contributed by atoms with Gasteiger partial charge < -0.3 is 4.74 Å². The zero-order valence-electron chi connectivity index (χ0n) is 12.1. The van der Waals surface area contributed by atoms with E-state index >= 15 is 0 Å². The van der Waals surface area contributed by atoms with Gasteiger partial charge in [0, 0.05) is 22.7 Å². The Balaban J connectivity index is 1.70. The maximum atomic E-state index is 12.1. The summed E-state index contributed by atoms with van der Waals surface area (Å²) in [6.07, 6.45) is 0. The molecule has 0 aliphatic rings. The average Bonchev–Trinajstić information content (AvgIpc) is 3.04. The van der Waals surface area contributed by atoms with Crippen LogP contribution in [-0.2, 0) is 0 Å². The molecular formula is C16H11F2N3O2S. The van der Waals surface area contributed by atoms with Crippen molar-refractivity contribution >= 4 is 22.6 Å². The van der Waals surface area contributed by atoms with Crippen LogP contribution in [0.4, 0.5) is 13.9 Å². The number of halogens is 2. The molecule has 1 aromatic heterocycles. The lowest BCUT2D eigenvalue weighted by Gasteiger charge is -2.04. The maximum absolute atomic E-state index is 12.1. The van der Waals surface area contributed by atoms with Crippen molar-refractivity contribution in [1.82, 2.24) is 9.36 Å². The van der Waals surface area contributed by atoms with Gasteiger partial charge in [-0.1, -0.05) is 18.2 Å². The van der Waals surface area contributed by atoms with Crippen molar-refractivity contribution in [2.45, 2.75) is 6.61 Å². The molecule has 24 heavy (non-hydrogen) atoms. The van der Waals surface area contributed by atoms with Crippen LogP contribution in [0, 0.1) is 0 Å². The van der Waals surface area contributed by atoms with Crippen LogP contribution in [0.2, 0.25) is 0 Å². The Hall–Kier alpha value is -2.87.